The molecule has 1 amide bonds. The second kappa shape index (κ2) is 8.75. The molecule has 156 valence electrons. The summed E-state index contributed by atoms with van der Waals surface area (Å²) in [5.41, 5.74) is 2.31. The molecule has 2 heterocycles. The van der Waals surface area contributed by atoms with Gasteiger partial charge in [0.2, 0.25) is 0 Å². The molecule has 0 atom stereocenters. The summed E-state index contributed by atoms with van der Waals surface area (Å²) in [6.45, 7) is 0.373. The quantitative estimate of drug-likeness (QED) is 0.232. The van der Waals surface area contributed by atoms with Gasteiger partial charge in [-0.1, -0.05) is 42.2 Å². The highest BCUT2D eigenvalue weighted by Crippen LogP contribution is 2.34. The molecule has 1 aromatic heterocycles. The monoisotopic (exact) mass is 451 g/mol. The summed E-state index contributed by atoms with van der Waals surface area (Å²) < 4.78 is 7.45. The van der Waals surface area contributed by atoms with E-state index in [9.17, 15) is 14.9 Å². The lowest BCUT2D eigenvalue weighted by Gasteiger charge is -2.14. The Morgan fingerprint density at radius 3 is 2.65 bits per heavy atom. The number of carbonyl (C=O) groups is 1. The van der Waals surface area contributed by atoms with Gasteiger partial charge < -0.3 is 9.30 Å². The molecule has 0 N–H and O–H groups in total. The van der Waals surface area contributed by atoms with Gasteiger partial charge in [0.25, 0.3) is 11.6 Å². The Bertz CT molecular complexity index is 1200. The van der Waals surface area contributed by atoms with Crippen molar-refractivity contribution in [3.63, 3.8) is 0 Å². The minimum atomic E-state index is -0.434. The number of rotatable bonds is 6. The number of hydrogen-bond acceptors (Lipinski definition) is 6. The van der Waals surface area contributed by atoms with Crippen molar-refractivity contribution in [1.82, 2.24) is 9.47 Å². The van der Waals surface area contributed by atoms with Gasteiger partial charge in [0.05, 0.1) is 29.2 Å². The summed E-state index contributed by atoms with van der Waals surface area (Å²) >= 11 is 6.67. The third-order valence-electron chi connectivity index (χ3n) is 4.75. The highest BCUT2D eigenvalue weighted by Gasteiger charge is 2.32. The number of thioether (sulfide) groups is 1. The van der Waals surface area contributed by atoms with Crippen LogP contribution in [0.1, 0.15) is 11.3 Å². The SMILES string of the molecule is COc1ccc(CN2C(=O)/C(=C/c3cccn3-c3cccc([N+](=O)[O-])c3)SC2=S)cc1. The number of carbonyl (C=O) groups excluding carboxylic acids is 1. The van der Waals surface area contributed by atoms with E-state index in [1.807, 2.05) is 36.4 Å². The van der Waals surface area contributed by atoms with Crippen molar-refractivity contribution in [3.8, 4) is 11.4 Å². The van der Waals surface area contributed by atoms with E-state index in [2.05, 4.69) is 0 Å². The van der Waals surface area contributed by atoms with Crippen LogP contribution in [-0.2, 0) is 11.3 Å². The van der Waals surface area contributed by atoms with E-state index < -0.39 is 4.92 Å². The van der Waals surface area contributed by atoms with Gasteiger partial charge in [-0.15, -0.1) is 0 Å². The van der Waals surface area contributed by atoms with Crippen molar-refractivity contribution < 1.29 is 14.5 Å². The van der Waals surface area contributed by atoms with Crippen LogP contribution in [0.3, 0.4) is 0 Å². The van der Waals surface area contributed by atoms with Crippen LogP contribution in [0.25, 0.3) is 11.8 Å². The summed E-state index contributed by atoms with van der Waals surface area (Å²) in [6, 6.07) is 17.5. The molecule has 1 saturated heterocycles. The Hall–Kier alpha value is -3.43. The van der Waals surface area contributed by atoms with Crippen LogP contribution in [0.4, 0.5) is 5.69 Å². The third-order valence-corrected chi connectivity index (χ3v) is 6.13. The van der Waals surface area contributed by atoms with E-state index in [1.54, 1.807) is 41.0 Å². The normalized spacial score (nSPS) is 15.0. The van der Waals surface area contributed by atoms with E-state index >= 15 is 0 Å². The zero-order valence-corrected chi connectivity index (χ0v) is 18.1. The number of non-ortho nitro benzene ring substituents is 1. The molecule has 0 saturated carbocycles. The van der Waals surface area contributed by atoms with Gasteiger partial charge in [-0.3, -0.25) is 19.8 Å². The molecule has 1 aliphatic rings. The fourth-order valence-electron chi connectivity index (χ4n) is 3.19. The number of thiocarbonyl (C=S) groups is 1. The van der Waals surface area contributed by atoms with Crippen LogP contribution in [0.2, 0.25) is 0 Å². The predicted molar refractivity (Wildman–Crippen MR) is 124 cm³/mol. The number of hydrogen-bond donors (Lipinski definition) is 0. The van der Waals surface area contributed by atoms with Gasteiger partial charge in [0.1, 0.15) is 10.1 Å². The molecule has 0 unspecified atom stereocenters. The van der Waals surface area contributed by atoms with Crippen LogP contribution in [0.15, 0.2) is 71.8 Å². The van der Waals surface area contributed by atoms with Crippen LogP contribution < -0.4 is 4.74 Å². The minimum Gasteiger partial charge on any atom is -0.497 e. The molecule has 9 heteroatoms. The van der Waals surface area contributed by atoms with E-state index in [0.717, 1.165) is 17.0 Å². The first kappa shape index (κ1) is 20.8. The standard InChI is InChI=1S/C22H17N3O4S2/c1-29-19-9-7-15(8-10-19)14-24-21(26)20(31-22(24)30)13-17-6-3-11-23(17)16-4-2-5-18(12-16)25(27)28/h2-13H,14H2,1H3/b20-13-. The second-order valence-corrected chi connectivity index (χ2v) is 8.37. The largest absolute Gasteiger partial charge is 0.497 e. The number of aromatic nitrogens is 1. The van der Waals surface area contributed by atoms with Crippen molar-refractivity contribution in [1.29, 1.82) is 0 Å². The summed E-state index contributed by atoms with van der Waals surface area (Å²) in [4.78, 5) is 25.7. The third kappa shape index (κ3) is 4.37. The lowest BCUT2D eigenvalue weighted by Crippen LogP contribution is -2.27. The molecule has 31 heavy (non-hydrogen) atoms. The first-order valence-electron chi connectivity index (χ1n) is 9.27. The fraction of sp³-hybridized carbons (Fsp3) is 0.0909. The maximum absolute atomic E-state index is 13.0. The maximum atomic E-state index is 13.0. The zero-order valence-electron chi connectivity index (χ0n) is 16.4. The molecule has 0 spiro atoms. The molecule has 7 nitrogen and oxygen atoms in total. The van der Waals surface area contributed by atoms with E-state index in [0.29, 0.717) is 21.5 Å². The smallest absolute Gasteiger partial charge is 0.271 e. The van der Waals surface area contributed by atoms with Crippen molar-refractivity contribution >= 4 is 46.0 Å². The second-order valence-electron chi connectivity index (χ2n) is 6.70. The highest BCUT2D eigenvalue weighted by molar-refractivity contribution is 8.26. The predicted octanol–water partition coefficient (Wildman–Crippen LogP) is 4.80. The average molecular weight is 452 g/mol. The van der Waals surface area contributed by atoms with Gasteiger partial charge in [-0.05, 0) is 42.0 Å². The minimum absolute atomic E-state index is 0.00275. The van der Waals surface area contributed by atoms with Gasteiger partial charge in [0.15, 0.2) is 0 Å². The molecule has 2 aromatic carbocycles. The molecule has 1 fully saturated rings. The Morgan fingerprint density at radius 1 is 1.16 bits per heavy atom. The number of nitro groups is 1. The molecule has 0 radical (unpaired) electrons. The lowest BCUT2D eigenvalue weighted by molar-refractivity contribution is -0.384. The summed E-state index contributed by atoms with van der Waals surface area (Å²) in [6.07, 6.45) is 3.55. The Kier molecular flexibility index (Phi) is 5.88. The molecule has 0 aliphatic carbocycles. The van der Waals surface area contributed by atoms with Gasteiger partial charge in [0, 0.05) is 24.0 Å². The summed E-state index contributed by atoms with van der Waals surface area (Å²) in [7, 11) is 1.60. The average Bonchev–Trinajstić information content (AvgIpc) is 3.34. The number of benzene rings is 2. The van der Waals surface area contributed by atoms with Gasteiger partial charge >= 0.3 is 0 Å². The van der Waals surface area contributed by atoms with Gasteiger partial charge in [-0.25, -0.2) is 0 Å². The van der Waals surface area contributed by atoms with Gasteiger partial charge in [-0.2, -0.15) is 0 Å². The first-order valence-corrected chi connectivity index (χ1v) is 10.5. The number of methoxy groups -OCH3 is 1. The molecule has 3 aromatic rings. The highest BCUT2D eigenvalue weighted by atomic mass is 32.2. The maximum Gasteiger partial charge on any atom is 0.271 e. The van der Waals surface area contributed by atoms with Crippen molar-refractivity contribution in [2.45, 2.75) is 6.54 Å². The molecular weight excluding hydrogens is 434 g/mol. The van der Waals surface area contributed by atoms with Crippen LogP contribution in [-0.4, -0.2) is 31.7 Å². The molecule has 1 aliphatic heterocycles. The number of nitrogens with zero attached hydrogens (tertiary/aromatic N) is 3. The zero-order chi connectivity index (χ0) is 22.0. The topological polar surface area (TPSA) is 77.6 Å². The fourth-order valence-corrected chi connectivity index (χ4v) is 4.43. The molecule has 4 rings (SSSR count). The van der Waals surface area contributed by atoms with E-state index in [1.165, 1.54) is 23.9 Å². The Labute approximate surface area is 188 Å². The van der Waals surface area contributed by atoms with E-state index in [-0.39, 0.29) is 11.6 Å². The molecule has 0 bridgehead atoms. The van der Waals surface area contributed by atoms with E-state index in [4.69, 9.17) is 17.0 Å². The van der Waals surface area contributed by atoms with Crippen LogP contribution >= 0.6 is 24.0 Å². The Balaban J connectivity index is 1.58. The summed E-state index contributed by atoms with van der Waals surface area (Å²) in [5.74, 6) is 0.577. The van der Waals surface area contributed by atoms with Crippen LogP contribution in [0.5, 0.6) is 5.75 Å². The number of amides is 1. The number of nitro benzene ring substituents is 1. The lowest BCUT2D eigenvalue weighted by atomic mass is 10.2. The summed E-state index contributed by atoms with van der Waals surface area (Å²) in [5, 5.41) is 11.1. The number of ether oxygens (including phenoxy) is 1. The van der Waals surface area contributed by atoms with Crippen molar-refractivity contribution in [2.75, 3.05) is 7.11 Å². The first-order chi connectivity index (χ1) is 15.0. The van der Waals surface area contributed by atoms with Crippen molar-refractivity contribution in [3.05, 3.63) is 93.1 Å². The van der Waals surface area contributed by atoms with Crippen LogP contribution in [0, 0.1) is 10.1 Å². The molecular formula is C22H17N3O4S2. The van der Waals surface area contributed by atoms with Crippen molar-refractivity contribution in [2.24, 2.45) is 0 Å². The Morgan fingerprint density at radius 2 is 1.94 bits per heavy atom.